The van der Waals surface area contributed by atoms with E-state index in [4.69, 9.17) is 4.98 Å². The number of anilines is 2. The van der Waals surface area contributed by atoms with Crippen LogP contribution >= 0.6 is 23.5 Å². The first-order valence-electron chi connectivity index (χ1n) is 10.7. The lowest BCUT2D eigenvalue weighted by Crippen LogP contribution is -2.30. The molecular formula is C25H19N5OS2. The Balaban J connectivity index is 1.32. The zero-order valence-corrected chi connectivity index (χ0v) is 19.4. The molecule has 0 unspecified atom stereocenters. The van der Waals surface area contributed by atoms with Crippen LogP contribution in [0.2, 0.25) is 0 Å². The molecular weight excluding hydrogens is 450 g/mol. The summed E-state index contributed by atoms with van der Waals surface area (Å²) in [5.41, 5.74) is 4.50. The molecule has 33 heavy (non-hydrogen) atoms. The van der Waals surface area contributed by atoms with E-state index in [0.717, 1.165) is 49.8 Å². The third-order valence-corrected chi connectivity index (χ3v) is 7.63. The van der Waals surface area contributed by atoms with Gasteiger partial charge in [-0.15, -0.1) is 10.2 Å². The quantitative estimate of drug-likeness (QED) is 0.304. The molecule has 2 aromatic heterocycles. The van der Waals surface area contributed by atoms with Gasteiger partial charge < -0.3 is 4.57 Å². The first kappa shape index (κ1) is 20.3. The number of aromatic nitrogens is 4. The van der Waals surface area contributed by atoms with Crippen LogP contribution in [0.1, 0.15) is 6.92 Å². The van der Waals surface area contributed by atoms with Crippen LogP contribution in [0.25, 0.3) is 22.1 Å². The normalized spacial score (nSPS) is 12.7. The van der Waals surface area contributed by atoms with Gasteiger partial charge in [0.1, 0.15) is 5.52 Å². The summed E-state index contributed by atoms with van der Waals surface area (Å²) in [5, 5.41) is 10.3. The summed E-state index contributed by atoms with van der Waals surface area (Å²) in [5.74, 6) is 0.201. The Kier molecular flexibility index (Phi) is 5.04. The summed E-state index contributed by atoms with van der Waals surface area (Å²) >= 11 is 3.01. The maximum absolute atomic E-state index is 13.4. The molecule has 0 N–H and O–H groups in total. The molecule has 0 fully saturated rings. The zero-order valence-electron chi connectivity index (χ0n) is 17.8. The summed E-state index contributed by atoms with van der Waals surface area (Å²) in [6.07, 6.45) is 0. The van der Waals surface area contributed by atoms with Gasteiger partial charge in [0.05, 0.1) is 22.6 Å². The summed E-state index contributed by atoms with van der Waals surface area (Å²) in [6.45, 7) is 2.87. The van der Waals surface area contributed by atoms with E-state index in [0.29, 0.717) is 5.16 Å². The first-order valence-corrected chi connectivity index (χ1v) is 12.5. The number of carbonyl (C=O) groups excluding carboxylic acids is 1. The Morgan fingerprint density at radius 3 is 2.30 bits per heavy atom. The number of para-hydroxylation sites is 3. The van der Waals surface area contributed by atoms with Gasteiger partial charge in [-0.05, 0) is 37.3 Å². The van der Waals surface area contributed by atoms with Crippen molar-refractivity contribution in [2.45, 2.75) is 28.4 Å². The molecule has 1 aliphatic rings. The van der Waals surface area contributed by atoms with Crippen LogP contribution in [0, 0.1) is 0 Å². The second-order valence-corrected chi connectivity index (χ2v) is 9.61. The molecule has 1 aliphatic heterocycles. The highest BCUT2D eigenvalue weighted by Gasteiger charge is 2.28. The number of hydrogen-bond acceptors (Lipinski definition) is 6. The smallest absolute Gasteiger partial charge is 0.242 e. The molecule has 162 valence electrons. The topological polar surface area (TPSA) is 63.9 Å². The minimum atomic E-state index is -0.0140. The monoisotopic (exact) mass is 469 g/mol. The van der Waals surface area contributed by atoms with Gasteiger partial charge in [0.15, 0.2) is 5.65 Å². The number of fused-ring (bicyclic) bond motifs is 5. The first-order chi connectivity index (χ1) is 16.2. The molecule has 0 bridgehead atoms. The van der Waals surface area contributed by atoms with Gasteiger partial charge in [-0.25, -0.2) is 4.98 Å². The predicted octanol–water partition coefficient (Wildman–Crippen LogP) is 5.92. The van der Waals surface area contributed by atoms with Crippen LogP contribution in [0.15, 0.2) is 87.7 Å². The fraction of sp³-hybridized carbons (Fsp3) is 0.120. The predicted molar refractivity (Wildman–Crippen MR) is 133 cm³/mol. The number of carbonyl (C=O) groups is 1. The molecule has 0 aliphatic carbocycles. The maximum Gasteiger partial charge on any atom is 0.242 e. The second-order valence-electron chi connectivity index (χ2n) is 7.58. The largest absolute Gasteiger partial charge is 0.324 e. The molecule has 3 aromatic carbocycles. The van der Waals surface area contributed by atoms with E-state index in [2.05, 4.69) is 27.8 Å². The summed E-state index contributed by atoms with van der Waals surface area (Å²) < 4.78 is 2.14. The fourth-order valence-corrected chi connectivity index (χ4v) is 5.92. The number of nitrogens with zero attached hydrogens (tertiary/aromatic N) is 5. The van der Waals surface area contributed by atoms with Crippen molar-refractivity contribution in [1.29, 1.82) is 0 Å². The van der Waals surface area contributed by atoms with Crippen molar-refractivity contribution in [2.24, 2.45) is 0 Å². The third kappa shape index (κ3) is 3.37. The Morgan fingerprint density at radius 1 is 0.909 bits per heavy atom. The van der Waals surface area contributed by atoms with Gasteiger partial charge in [-0.1, -0.05) is 66.0 Å². The van der Waals surface area contributed by atoms with Crippen molar-refractivity contribution in [3.8, 4) is 0 Å². The van der Waals surface area contributed by atoms with Crippen molar-refractivity contribution in [3.63, 3.8) is 0 Å². The van der Waals surface area contributed by atoms with Crippen molar-refractivity contribution in [1.82, 2.24) is 19.7 Å². The van der Waals surface area contributed by atoms with Gasteiger partial charge >= 0.3 is 0 Å². The van der Waals surface area contributed by atoms with E-state index in [1.54, 1.807) is 11.8 Å². The van der Waals surface area contributed by atoms with Gasteiger partial charge in [0.25, 0.3) is 0 Å². The number of thioether (sulfide) groups is 1. The number of amides is 1. The van der Waals surface area contributed by atoms with E-state index < -0.39 is 0 Å². The lowest BCUT2D eigenvalue weighted by molar-refractivity contribution is -0.115. The zero-order chi connectivity index (χ0) is 22.4. The molecule has 6 rings (SSSR count). The van der Waals surface area contributed by atoms with E-state index in [1.165, 1.54) is 11.8 Å². The standard InChI is InChI=1S/C25H19N5OS2/c1-2-29-17-10-4-3-9-16(17)23-24(29)26-25(28-27-23)32-15-22(31)30-18-11-5-7-13-20(18)33-21-14-8-6-12-19(21)30/h3-14H,2,15H2,1H3. The Hall–Kier alpha value is -3.36. The molecule has 0 spiro atoms. The van der Waals surface area contributed by atoms with Crippen LogP contribution in [-0.4, -0.2) is 31.4 Å². The fourth-order valence-electron chi connectivity index (χ4n) is 4.23. The molecule has 5 aromatic rings. The van der Waals surface area contributed by atoms with Gasteiger partial charge in [0, 0.05) is 21.7 Å². The molecule has 8 heteroatoms. The minimum Gasteiger partial charge on any atom is -0.324 e. The summed E-state index contributed by atoms with van der Waals surface area (Å²) in [6, 6.07) is 24.1. The van der Waals surface area contributed by atoms with E-state index >= 15 is 0 Å². The molecule has 0 atom stereocenters. The van der Waals surface area contributed by atoms with Gasteiger partial charge in [-0.2, -0.15) is 0 Å². The van der Waals surface area contributed by atoms with Crippen molar-refractivity contribution in [2.75, 3.05) is 10.7 Å². The average molecular weight is 470 g/mol. The average Bonchev–Trinajstić information content (AvgIpc) is 3.18. The number of hydrogen-bond donors (Lipinski definition) is 0. The lowest BCUT2D eigenvalue weighted by atomic mass is 10.2. The minimum absolute atomic E-state index is 0.0140. The lowest BCUT2D eigenvalue weighted by Gasteiger charge is -2.30. The second kappa shape index (κ2) is 8.20. The molecule has 0 radical (unpaired) electrons. The Labute approximate surface area is 199 Å². The highest BCUT2D eigenvalue weighted by Crippen LogP contribution is 2.48. The van der Waals surface area contributed by atoms with Crippen LogP contribution < -0.4 is 4.90 Å². The van der Waals surface area contributed by atoms with Crippen LogP contribution in [0.3, 0.4) is 0 Å². The van der Waals surface area contributed by atoms with Crippen molar-refractivity contribution < 1.29 is 4.79 Å². The van der Waals surface area contributed by atoms with Crippen molar-refractivity contribution in [3.05, 3.63) is 72.8 Å². The van der Waals surface area contributed by atoms with Crippen molar-refractivity contribution >= 4 is 62.9 Å². The highest BCUT2D eigenvalue weighted by molar-refractivity contribution is 8.00. The van der Waals surface area contributed by atoms with E-state index in [1.807, 2.05) is 71.6 Å². The van der Waals surface area contributed by atoms with E-state index in [-0.39, 0.29) is 11.7 Å². The SMILES string of the molecule is CCn1c2ccccc2c2nnc(SCC(=O)N3c4ccccc4Sc4ccccc43)nc21. The Bertz CT molecular complexity index is 1480. The van der Waals surface area contributed by atoms with E-state index in [9.17, 15) is 4.79 Å². The number of aryl methyl sites for hydroxylation is 1. The molecule has 1 amide bonds. The Morgan fingerprint density at radius 2 is 1.58 bits per heavy atom. The molecule has 6 nitrogen and oxygen atoms in total. The maximum atomic E-state index is 13.4. The van der Waals surface area contributed by atoms with Gasteiger partial charge in [0.2, 0.25) is 11.1 Å². The highest BCUT2D eigenvalue weighted by atomic mass is 32.2. The molecule has 3 heterocycles. The third-order valence-electron chi connectivity index (χ3n) is 5.68. The molecule has 0 saturated heterocycles. The summed E-state index contributed by atoms with van der Waals surface area (Å²) in [7, 11) is 0. The van der Waals surface area contributed by atoms with Crippen LogP contribution in [0.5, 0.6) is 0 Å². The van der Waals surface area contributed by atoms with Gasteiger partial charge in [-0.3, -0.25) is 9.69 Å². The number of benzene rings is 3. The molecule has 0 saturated carbocycles. The summed E-state index contributed by atoms with van der Waals surface area (Å²) in [4.78, 5) is 22.2. The van der Waals surface area contributed by atoms with Crippen LogP contribution in [0.4, 0.5) is 11.4 Å². The number of rotatable bonds is 4. The van der Waals surface area contributed by atoms with Crippen LogP contribution in [-0.2, 0) is 11.3 Å².